The second-order valence-electron chi connectivity index (χ2n) is 5.97. The summed E-state index contributed by atoms with van der Waals surface area (Å²) in [5.74, 6) is 0.0887. The van der Waals surface area contributed by atoms with Crippen LogP contribution in [-0.4, -0.2) is 49.2 Å². The van der Waals surface area contributed by atoms with Crippen molar-refractivity contribution in [3.05, 3.63) is 35.9 Å². The Balaban J connectivity index is 0.00000176. The van der Waals surface area contributed by atoms with Crippen molar-refractivity contribution in [2.24, 2.45) is 5.73 Å². The summed E-state index contributed by atoms with van der Waals surface area (Å²) in [5.41, 5.74) is 7.33. The van der Waals surface area contributed by atoms with Crippen LogP contribution in [0.4, 0.5) is 0 Å². The average Bonchev–Trinajstić information content (AvgIpc) is 2.92. The zero-order valence-electron chi connectivity index (χ0n) is 12.6. The van der Waals surface area contributed by atoms with Crippen LogP contribution in [0.5, 0.6) is 0 Å². The van der Waals surface area contributed by atoms with E-state index in [1.54, 1.807) is 8.61 Å². The molecule has 0 amide bonds. The maximum atomic E-state index is 12.7. The van der Waals surface area contributed by atoms with E-state index < -0.39 is 10.2 Å². The first-order valence-electron chi connectivity index (χ1n) is 7.65. The Morgan fingerprint density at radius 1 is 0.955 bits per heavy atom. The van der Waals surface area contributed by atoms with E-state index in [0.29, 0.717) is 26.2 Å². The number of halogens is 1. The highest BCUT2D eigenvalue weighted by Crippen LogP contribution is 2.29. The first-order valence-corrected chi connectivity index (χ1v) is 9.04. The van der Waals surface area contributed by atoms with Gasteiger partial charge in [0.25, 0.3) is 10.2 Å². The Morgan fingerprint density at radius 2 is 1.59 bits per heavy atom. The summed E-state index contributed by atoms with van der Waals surface area (Å²) < 4.78 is 28.6. The summed E-state index contributed by atoms with van der Waals surface area (Å²) in [6, 6.07) is 9.84. The number of benzene rings is 1. The van der Waals surface area contributed by atoms with Crippen molar-refractivity contribution >= 4 is 22.6 Å². The maximum absolute atomic E-state index is 12.7. The van der Waals surface area contributed by atoms with Crippen LogP contribution in [0, 0.1) is 0 Å². The quantitative estimate of drug-likeness (QED) is 0.904. The maximum Gasteiger partial charge on any atom is 0.282 e. The van der Waals surface area contributed by atoms with Crippen molar-refractivity contribution in [2.45, 2.75) is 31.2 Å². The topological polar surface area (TPSA) is 66.6 Å². The van der Waals surface area contributed by atoms with E-state index in [-0.39, 0.29) is 24.4 Å². The smallest absolute Gasteiger partial charge is 0.282 e. The fourth-order valence-corrected chi connectivity index (χ4v) is 5.05. The van der Waals surface area contributed by atoms with E-state index >= 15 is 0 Å². The predicted molar refractivity (Wildman–Crippen MR) is 90.3 cm³/mol. The van der Waals surface area contributed by atoms with Crippen molar-refractivity contribution in [2.75, 3.05) is 26.2 Å². The van der Waals surface area contributed by atoms with Gasteiger partial charge in [-0.3, -0.25) is 0 Å². The van der Waals surface area contributed by atoms with Crippen molar-refractivity contribution in [1.29, 1.82) is 0 Å². The lowest BCUT2D eigenvalue weighted by Gasteiger charge is -2.30. The molecule has 1 aromatic carbocycles. The van der Waals surface area contributed by atoms with Gasteiger partial charge in [0.15, 0.2) is 0 Å². The van der Waals surface area contributed by atoms with Gasteiger partial charge in [0.2, 0.25) is 0 Å². The molecule has 2 N–H and O–H groups in total. The molecule has 2 aliphatic heterocycles. The van der Waals surface area contributed by atoms with Gasteiger partial charge in [-0.2, -0.15) is 17.0 Å². The molecule has 1 aromatic rings. The van der Waals surface area contributed by atoms with E-state index in [1.807, 2.05) is 30.3 Å². The van der Waals surface area contributed by atoms with Crippen LogP contribution in [0.2, 0.25) is 0 Å². The lowest BCUT2D eigenvalue weighted by molar-refractivity contribution is 0.315. The van der Waals surface area contributed by atoms with Crippen LogP contribution in [0.1, 0.15) is 30.7 Å². The van der Waals surface area contributed by atoms with Crippen LogP contribution >= 0.6 is 12.4 Å². The Hall–Kier alpha value is -0.660. The zero-order chi connectivity index (χ0) is 14.9. The van der Waals surface area contributed by atoms with Crippen molar-refractivity contribution in [1.82, 2.24) is 8.61 Å². The molecule has 2 atom stereocenters. The highest BCUT2D eigenvalue weighted by Gasteiger charge is 2.40. The van der Waals surface area contributed by atoms with E-state index in [4.69, 9.17) is 5.73 Å². The molecule has 0 radical (unpaired) electrons. The molecule has 0 saturated carbocycles. The van der Waals surface area contributed by atoms with E-state index in [1.165, 1.54) is 0 Å². The van der Waals surface area contributed by atoms with Crippen LogP contribution in [-0.2, 0) is 10.2 Å². The first-order chi connectivity index (χ1) is 10.1. The molecular weight excluding hydrogens is 322 g/mol. The summed E-state index contributed by atoms with van der Waals surface area (Å²) in [5, 5.41) is 0. The first kappa shape index (κ1) is 17.7. The van der Waals surface area contributed by atoms with Gasteiger partial charge in [0.05, 0.1) is 0 Å². The molecule has 0 unspecified atom stereocenters. The molecule has 22 heavy (non-hydrogen) atoms. The zero-order valence-corrected chi connectivity index (χ0v) is 14.2. The standard InChI is InChI=1S/C15H23N3O2S.ClH/c16-15-12-18(11-14(15)13-7-3-1-4-8-13)21(19,20)17-9-5-2-6-10-17;/h1,3-4,7-8,14-15H,2,5-6,9-12,16H2;1H/t14-,15+;/m0./s1. The van der Waals surface area contributed by atoms with Gasteiger partial charge in [-0.05, 0) is 18.4 Å². The molecule has 0 spiro atoms. The largest absolute Gasteiger partial charge is 0.326 e. The van der Waals surface area contributed by atoms with Crippen molar-refractivity contribution < 1.29 is 8.42 Å². The van der Waals surface area contributed by atoms with Gasteiger partial charge in [0.1, 0.15) is 0 Å². The molecule has 2 heterocycles. The number of rotatable bonds is 3. The van der Waals surface area contributed by atoms with Gasteiger partial charge in [-0.1, -0.05) is 36.8 Å². The van der Waals surface area contributed by atoms with Gasteiger partial charge in [-0.25, -0.2) is 0 Å². The lowest BCUT2D eigenvalue weighted by atomic mass is 9.95. The minimum absolute atomic E-state index is 0. The highest BCUT2D eigenvalue weighted by molar-refractivity contribution is 7.86. The Kier molecular flexibility index (Phi) is 5.85. The third-order valence-electron chi connectivity index (χ3n) is 4.53. The summed E-state index contributed by atoms with van der Waals surface area (Å²) in [6.45, 7) is 2.19. The highest BCUT2D eigenvalue weighted by atomic mass is 35.5. The second-order valence-corrected chi connectivity index (χ2v) is 7.89. The molecule has 2 fully saturated rings. The van der Waals surface area contributed by atoms with Gasteiger partial charge < -0.3 is 5.73 Å². The van der Waals surface area contributed by atoms with Crippen LogP contribution in [0.15, 0.2) is 30.3 Å². The van der Waals surface area contributed by atoms with Crippen LogP contribution in [0.3, 0.4) is 0 Å². The number of hydrogen-bond donors (Lipinski definition) is 1. The molecule has 2 aliphatic rings. The minimum Gasteiger partial charge on any atom is -0.326 e. The number of nitrogens with two attached hydrogens (primary N) is 1. The van der Waals surface area contributed by atoms with Crippen molar-refractivity contribution in [3.8, 4) is 0 Å². The van der Waals surface area contributed by atoms with Crippen LogP contribution < -0.4 is 5.73 Å². The molecule has 0 aromatic heterocycles. The Labute approximate surface area is 139 Å². The normalized spacial score (nSPS) is 27.5. The van der Waals surface area contributed by atoms with Crippen LogP contribution in [0.25, 0.3) is 0 Å². The van der Waals surface area contributed by atoms with Gasteiger partial charge in [-0.15, -0.1) is 12.4 Å². The molecule has 7 heteroatoms. The van der Waals surface area contributed by atoms with E-state index in [0.717, 1.165) is 24.8 Å². The lowest BCUT2D eigenvalue weighted by Crippen LogP contribution is -2.45. The summed E-state index contributed by atoms with van der Waals surface area (Å²) in [4.78, 5) is 0. The number of nitrogens with zero attached hydrogens (tertiary/aromatic N) is 2. The SMILES string of the molecule is Cl.N[C@@H]1CN(S(=O)(=O)N2CCCCC2)C[C@H]1c1ccccc1. The molecule has 124 valence electrons. The van der Waals surface area contributed by atoms with Gasteiger partial charge in [0, 0.05) is 38.1 Å². The van der Waals surface area contributed by atoms with E-state index in [9.17, 15) is 8.42 Å². The molecular formula is C15H24ClN3O2S. The molecule has 5 nitrogen and oxygen atoms in total. The average molecular weight is 346 g/mol. The summed E-state index contributed by atoms with van der Waals surface area (Å²) >= 11 is 0. The van der Waals surface area contributed by atoms with Crippen molar-refractivity contribution in [3.63, 3.8) is 0 Å². The number of piperidine rings is 1. The third-order valence-corrected chi connectivity index (χ3v) is 6.50. The Bertz CT molecular complexity index is 576. The molecule has 0 bridgehead atoms. The fourth-order valence-electron chi connectivity index (χ4n) is 3.29. The monoisotopic (exact) mass is 345 g/mol. The summed E-state index contributed by atoms with van der Waals surface area (Å²) in [6.07, 6.45) is 3.04. The predicted octanol–water partition coefficient (Wildman–Crippen LogP) is 1.57. The molecule has 3 rings (SSSR count). The van der Waals surface area contributed by atoms with Gasteiger partial charge >= 0.3 is 0 Å². The second kappa shape index (κ2) is 7.27. The Morgan fingerprint density at radius 3 is 2.23 bits per heavy atom. The third kappa shape index (κ3) is 3.46. The number of hydrogen-bond acceptors (Lipinski definition) is 3. The fraction of sp³-hybridized carbons (Fsp3) is 0.600. The molecule has 2 saturated heterocycles. The molecule has 0 aliphatic carbocycles. The summed E-state index contributed by atoms with van der Waals surface area (Å²) in [7, 11) is -3.35. The minimum atomic E-state index is -3.35. The van der Waals surface area contributed by atoms with E-state index in [2.05, 4.69) is 0 Å².